The quantitative estimate of drug-likeness (QED) is 0.603. The molecule has 19 heavy (non-hydrogen) atoms. The highest BCUT2D eigenvalue weighted by Crippen LogP contribution is 2.08. The average molecular weight is 270 g/mol. The summed E-state index contributed by atoms with van der Waals surface area (Å²) in [5.74, 6) is 0.777. The molecule has 0 fully saturated rings. The van der Waals surface area contributed by atoms with E-state index in [1.54, 1.807) is 0 Å². The first-order valence-corrected chi connectivity index (χ1v) is 8.04. The third-order valence-corrected chi connectivity index (χ3v) is 3.44. The molecule has 0 bridgehead atoms. The van der Waals surface area contributed by atoms with Gasteiger partial charge in [0, 0.05) is 12.6 Å². The summed E-state index contributed by atoms with van der Waals surface area (Å²) in [6.45, 7) is 11.5. The van der Waals surface area contributed by atoms with Crippen LogP contribution >= 0.6 is 0 Å². The van der Waals surface area contributed by atoms with Gasteiger partial charge in [0.2, 0.25) is 5.91 Å². The molecule has 3 heteroatoms. The molecule has 0 aliphatic rings. The van der Waals surface area contributed by atoms with Crippen LogP contribution in [0.1, 0.15) is 73.1 Å². The molecule has 0 aromatic heterocycles. The zero-order valence-electron chi connectivity index (χ0n) is 13.6. The summed E-state index contributed by atoms with van der Waals surface area (Å²) >= 11 is 0. The fourth-order valence-corrected chi connectivity index (χ4v) is 2.18. The van der Waals surface area contributed by atoms with Crippen molar-refractivity contribution in [3.63, 3.8) is 0 Å². The van der Waals surface area contributed by atoms with Gasteiger partial charge in [-0.2, -0.15) is 0 Å². The maximum Gasteiger partial charge on any atom is 0.236 e. The Labute approximate surface area is 119 Å². The smallest absolute Gasteiger partial charge is 0.236 e. The molecule has 0 radical (unpaired) electrons. The van der Waals surface area contributed by atoms with E-state index in [1.165, 1.54) is 25.7 Å². The van der Waals surface area contributed by atoms with Crippen molar-refractivity contribution >= 4 is 5.91 Å². The van der Waals surface area contributed by atoms with Gasteiger partial charge < -0.3 is 10.6 Å². The number of unbranched alkanes of at least 4 members (excludes halogenated alkanes) is 1. The number of hydrogen-bond donors (Lipinski definition) is 2. The van der Waals surface area contributed by atoms with E-state index in [0.717, 1.165) is 19.4 Å². The van der Waals surface area contributed by atoms with Gasteiger partial charge in [-0.05, 0) is 32.1 Å². The molecule has 3 nitrogen and oxygen atoms in total. The van der Waals surface area contributed by atoms with Crippen molar-refractivity contribution in [3.05, 3.63) is 0 Å². The molecule has 0 saturated carbocycles. The first-order chi connectivity index (χ1) is 9.01. The van der Waals surface area contributed by atoms with Crippen molar-refractivity contribution in [2.24, 2.45) is 5.92 Å². The molecule has 1 amide bonds. The van der Waals surface area contributed by atoms with E-state index in [9.17, 15) is 4.79 Å². The second-order valence-corrected chi connectivity index (χ2v) is 5.99. The Hall–Kier alpha value is -0.570. The molecular weight excluding hydrogens is 236 g/mol. The number of amides is 1. The number of carbonyl (C=O) groups excluding carboxylic acids is 1. The summed E-state index contributed by atoms with van der Waals surface area (Å²) < 4.78 is 0. The molecule has 0 aromatic carbocycles. The van der Waals surface area contributed by atoms with Gasteiger partial charge in [-0.3, -0.25) is 4.79 Å². The van der Waals surface area contributed by atoms with Crippen LogP contribution in [0.15, 0.2) is 0 Å². The number of nitrogens with one attached hydrogen (secondary N) is 2. The summed E-state index contributed by atoms with van der Waals surface area (Å²) in [6.07, 6.45) is 7.00. The Morgan fingerprint density at radius 2 is 1.68 bits per heavy atom. The van der Waals surface area contributed by atoms with Gasteiger partial charge in [-0.15, -0.1) is 0 Å². The van der Waals surface area contributed by atoms with Crippen LogP contribution in [0.5, 0.6) is 0 Å². The molecule has 114 valence electrons. The number of carbonyl (C=O) groups is 1. The summed E-state index contributed by atoms with van der Waals surface area (Å²) in [5, 5.41) is 6.49. The predicted octanol–water partition coefficient (Wildman–Crippen LogP) is 3.49. The summed E-state index contributed by atoms with van der Waals surface area (Å²) in [4.78, 5) is 12.0. The van der Waals surface area contributed by atoms with E-state index < -0.39 is 0 Å². The minimum Gasteiger partial charge on any atom is -0.355 e. The highest BCUT2D eigenvalue weighted by Gasteiger charge is 2.16. The summed E-state index contributed by atoms with van der Waals surface area (Å²) in [5.41, 5.74) is 0. The van der Waals surface area contributed by atoms with Gasteiger partial charge in [-0.25, -0.2) is 0 Å². The lowest BCUT2D eigenvalue weighted by Crippen LogP contribution is -2.46. The van der Waals surface area contributed by atoms with Gasteiger partial charge in [0.15, 0.2) is 0 Å². The van der Waals surface area contributed by atoms with Crippen LogP contribution in [0.3, 0.4) is 0 Å². The zero-order chi connectivity index (χ0) is 14.7. The first kappa shape index (κ1) is 18.4. The molecule has 2 atom stereocenters. The van der Waals surface area contributed by atoms with E-state index in [2.05, 4.69) is 38.3 Å². The van der Waals surface area contributed by atoms with Crippen molar-refractivity contribution in [1.29, 1.82) is 0 Å². The SMILES string of the molecule is CCCCC(CCC)NC(C)C(=O)NCCC(C)C. The normalized spacial score (nSPS) is 14.4. The van der Waals surface area contributed by atoms with Crippen molar-refractivity contribution in [2.75, 3.05) is 6.54 Å². The minimum absolute atomic E-state index is 0.0828. The van der Waals surface area contributed by atoms with Crippen LogP contribution < -0.4 is 10.6 Å². The Balaban J connectivity index is 4.00. The van der Waals surface area contributed by atoms with Gasteiger partial charge in [0.05, 0.1) is 6.04 Å². The van der Waals surface area contributed by atoms with E-state index >= 15 is 0 Å². The molecule has 0 aliphatic carbocycles. The lowest BCUT2D eigenvalue weighted by Gasteiger charge is -2.22. The first-order valence-electron chi connectivity index (χ1n) is 8.04. The Kier molecular flexibility index (Phi) is 10.9. The van der Waals surface area contributed by atoms with Gasteiger partial charge in [0.1, 0.15) is 0 Å². The Morgan fingerprint density at radius 3 is 2.21 bits per heavy atom. The van der Waals surface area contributed by atoms with Crippen molar-refractivity contribution in [1.82, 2.24) is 10.6 Å². The molecule has 0 aromatic rings. The lowest BCUT2D eigenvalue weighted by molar-refractivity contribution is -0.123. The van der Waals surface area contributed by atoms with E-state index in [1.807, 2.05) is 6.92 Å². The highest BCUT2D eigenvalue weighted by atomic mass is 16.2. The zero-order valence-corrected chi connectivity index (χ0v) is 13.6. The topological polar surface area (TPSA) is 41.1 Å². The maximum atomic E-state index is 12.0. The molecule has 0 saturated heterocycles. The third kappa shape index (κ3) is 9.94. The van der Waals surface area contributed by atoms with Crippen LogP contribution in [0.4, 0.5) is 0 Å². The second kappa shape index (κ2) is 11.3. The van der Waals surface area contributed by atoms with Gasteiger partial charge in [-0.1, -0.05) is 47.0 Å². The monoisotopic (exact) mass is 270 g/mol. The predicted molar refractivity (Wildman–Crippen MR) is 83.3 cm³/mol. The van der Waals surface area contributed by atoms with Crippen LogP contribution in [0.2, 0.25) is 0 Å². The maximum absolute atomic E-state index is 12.0. The van der Waals surface area contributed by atoms with Gasteiger partial charge >= 0.3 is 0 Å². The minimum atomic E-state index is -0.0828. The van der Waals surface area contributed by atoms with Gasteiger partial charge in [0.25, 0.3) is 0 Å². The Morgan fingerprint density at radius 1 is 1.00 bits per heavy atom. The van der Waals surface area contributed by atoms with E-state index in [4.69, 9.17) is 0 Å². The molecule has 0 heterocycles. The third-order valence-electron chi connectivity index (χ3n) is 3.44. The molecule has 0 aliphatic heterocycles. The van der Waals surface area contributed by atoms with Crippen LogP contribution in [-0.4, -0.2) is 24.5 Å². The van der Waals surface area contributed by atoms with Crippen molar-refractivity contribution < 1.29 is 4.79 Å². The highest BCUT2D eigenvalue weighted by molar-refractivity contribution is 5.81. The molecule has 2 unspecified atom stereocenters. The largest absolute Gasteiger partial charge is 0.355 e. The molecule has 0 spiro atoms. The molecule has 2 N–H and O–H groups in total. The summed E-state index contributed by atoms with van der Waals surface area (Å²) in [7, 11) is 0. The molecule has 0 rings (SSSR count). The standard InChI is InChI=1S/C16H34N2O/c1-6-8-10-15(9-7-2)18-14(5)16(19)17-12-11-13(3)4/h13-15,18H,6-12H2,1-5H3,(H,17,19). The van der Waals surface area contributed by atoms with Crippen LogP contribution in [0.25, 0.3) is 0 Å². The van der Waals surface area contributed by atoms with E-state index in [-0.39, 0.29) is 11.9 Å². The fourth-order valence-electron chi connectivity index (χ4n) is 2.18. The van der Waals surface area contributed by atoms with Crippen LogP contribution in [-0.2, 0) is 4.79 Å². The van der Waals surface area contributed by atoms with Crippen molar-refractivity contribution in [3.8, 4) is 0 Å². The number of rotatable bonds is 11. The molecular formula is C16H34N2O. The Bertz CT molecular complexity index is 229. The van der Waals surface area contributed by atoms with Crippen LogP contribution in [0, 0.1) is 5.92 Å². The lowest BCUT2D eigenvalue weighted by atomic mass is 10.0. The fraction of sp³-hybridized carbons (Fsp3) is 0.938. The second-order valence-electron chi connectivity index (χ2n) is 5.99. The van der Waals surface area contributed by atoms with Crippen molar-refractivity contribution in [2.45, 2.75) is 85.2 Å². The average Bonchev–Trinajstić information content (AvgIpc) is 2.35. The summed E-state index contributed by atoms with van der Waals surface area (Å²) in [6, 6.07) is 0.399. The number of hydrogen-bond acceptors (Lipinski definition) is 2. The van der Waals surface area contributed by atoms with E-state index in [0.29, 0.717) is 12.0 Å².